The fourth-order valence-electron chi connectivity index (χ4n) is 2.68. The molecule has 0 saturated carbocycles. The van der Waals surface area contributed by atoms with Gasteiger partial charge in [0.1, 0.15) is 11.6 Å². The van der Waals surface area contributed by atoms with Crippen molar-refractivity contribution in [3.05, 3.63) is 65.6 Å². The number of nitrogens with zero attached hydrogens (tertiary/aromatic N) is 4. The average molecular weight is 413 g/mol. The van der Waals surface area contributed by atoms with Gasteiger partial charge in [0.2, 0.25) is 16.9 Å². The Morgan fingerprint density at radius 1 is 1.07 bits per heavy atom. The Hall–Kier alpha value is -3.07. The first kappa shape index (κ1) is 19.3. The van der Waals surface area contributed by atoms with Crippen molar-refractivity contribution in [2.45, 2.75) is 24.9 Å². The second-order valence-electron chi connectivity index (χ2n) is 6.37. The van der Waals surface area contributed by atoms with E-state index in [1.165, 1.54) is 23.9 Å². The number of hydrogen-bond acceptors (Lipinski definition) is 6. The van der Waals surface area contributed by atoms with Gasteiger partial charge < -0.3 is 4.52 Å². The fourth-order valence-corrected chi connectivity index (χ4v) is 3.41. The number of nitrogens with one attached hydrogen (secondary N) is 1. The van der Waals surface area contributed by atoms with Crippen LogP contribution in [0.3, 0.4) is 0 Å². The van der Waals surface area contributed by atoms with Crippen LogP contribution in [0.15, 0.2) is 52.1 Å². The minimum Gasteiger partial charge on any atom is -0.339 e. The van der Waals surface area contributed by atoms with Gasteiger partial charge in [0.15, 0.2) is 5.82 Å². The fraction of sp³-hybridized carbons (Fsp3) is 0.200. The molecule has 1 N–H and O–H groups in total. The molecule has 148 valence electrons. The summed E-state index contributed by atoms with van der Waals surface area (Å²) in [5.74, 6) is 1.34. The van der Waals surface area contributed by atoms with Gasteiger partial charge in [0.05, 0.1) is 5.56 Å². The number of thioether (sulfide) groups is 1. The monoisotopic (exact) mass is 413 g/mol. The predicted molar refractivity (Wildman–Crippen MR) is 105 cm³/mol. The predicted octanol–water partition coefficient (Wildman–Crippen LogP) is 4.83. The van der Waals surface area contributed by atoms with E-state index in [4.69, 9.17) is 4.52 Å². The number of rotatable bonds is 7. The Labute approximate surface area is 169 Å². The summed E-state index contributed by atoms with van der Waals surface area (Å²) in [6, 6.07) is 11.3. The maximum atomic E-state index is 13.8. The Balaban J connectivity index is 1.30. The van der Waals surface area contributed by atoms with E-state index in [-0.39, 0.29) is 11.6 Å². The molecule has 0 aliphatic carbocycles. The lowest BCUT2D eigenvalue weighted by Crippen LogP contribution is -1.90. The zero-order chi connectivity index (χ0) is 20.2. The van der Waals surface area contributed by atoms with Gasteiger partial charge in [-0.3, -0.25) is 5.10 Å². The smallest absolute Gasteiger partial charge is 0.226 e. The number of H-pyrrole nitrogens is 1. The summed E-state index contributed by atoms with van der Waals surface area (Å²) in [6.07, 6.45) is 1.34. The zero-order valence-electron chi connectivity index (χ0n) is 15.5. The molecule has 4 aromatic rings. The topological polar surface area (TPSA) is 80.5 Å². The van der Waals surface area contributed by atoms with Crippen molar-refractivity contribution < 1.29 is 13.3 Å². The van der Waals surface area contributed by atoms with Crippen LogP contribution < -0.4 is 0 Å². The highest BCUT2D eigenvalue weighted by Crippen LogP contribution is 2.23. The summed E-state index contributed by atoms with van der Waals surface area (Å²) in [7, 11) is 0. The maximum Gasteiger partial charge on any atom is 0.226 e. The summed E-state index contributed by atoms with van der Waals surface area (Å²) < 4.78 is 32.7. The van der Waals surface area contributed by atoms with Crippen molar-refractivity contribution in [2.24, 2.45) is 0 Å². The van der Waals surface area contributed by atoms with Crippen molar-refractivity contribution in [1.29, 1.82) is 0 Å². The van der Waals surface area contributed by atoms with Crippen molar-refractivity contribution >= 4 is 11.8 Å². The van der Waals surface area contributed by atoms with E-state index >= 15 is 0 Å². The molecule has 0 aliphatic heterocycles. The molecule has 0 amide bonds. The van der Waals surface area contributed by atoms with E-state index in [0.29, 0.717) is 45.8 Å². The number of halogens is 2. The van der Waals surface area contributed by atoms with Crippen molar-refractivity contribution in [3.8, 4) is 22.8 Å². The minimum atomic E-state index is -0.346. The average Bonchev–Trinajstić information content (AvgIpc) is 3.38. The Kier molecular flexibility index (Phi) is 5.66. The summed E-state index contributed by atoms with van der Waals surface area (Å²) in [5, 5.41) is 11.3. The molecule has 0 saturated heterocycles. The number of aryl methyl sites for hydroxylation is 2. The molecule has 9 heteroatoms. The highest BCUT2D eigenvalue weighted by Gasteiger charge is 2.12. The van der Waals surface area contributed by atoms with E-state index in [0.717, 1.165) is 12.2 Å². The van der Waals surface area contributed by atoms with Gasteiger partial charge in [-0.05, 0) is 37.1 Å². The molecule has 0 fully saturated rings. The third-order valence-corrected chi connectivity index (χ3v) is 5.19. The van der Waals surface area contributed by atoms with Crippen molar-refractivity contribution in [3.63, 3.8) is 0 Å². The van der Waals surface area contributed by atoms with Crippen LogP contribution in [0.1, 0.15) is 17.9 Å². The van der Waals surface area contributed by atoms with Crippen LogP contribution >= 0.6 is 11.8 Å². The van der Waals surface area contributed by atoms with Crippen LogP contribution in [-0.2, 0) is 6.42 Å². The molecule has 0 spiro atoms. The molecular weight excluding hydrogens is 396 g/mol. The van der Waals surface area contributed by atoms with Gasteiger partial charge in [-0.15, -0.1) is 5.10 Å². The lowest BCUT2D eigenvalue weighted by molar-refractivity contribution is 0.378. The Morgan fingerprint density at radius 2 is 1.93 bits per heavy atom. The van der Waals surface area contributed by atoms with Crippen molar-refractivity contribution in [1.82, 2.24) is 25.3 Å². The molecule has 2 aromatic heterocycles. The summed E-state index contributed by atoms with van der Waals surface area (Å²) in [5.41, 5.74) is 1.54. The van der Waals surface area contributed by atoms with Gasteiger partial charge in [-0.25, -0.2) is 13.8 Å². The van der Waals surface area contributed by atoms with Crippen LogP contribution in [0.4, 0.5) is 8.78 Å². The first-order valence-electron chi connectivity index (χ1n) is 8.99. The van der Waals surface area contributed by atoms with E-state index in [9.17, 15) is 8.78 Å². The maximum absolute atomic E-state index is 13.8. The third-order valence-electron chi connectivity index (χ3n) is 4.26. The van der Waals surface area contributed by atoms with E-state index in [2.05, 4.69) is 25.3 Å². The standard InChI is InChI=1S/C20H17F2N5OS/c1-12-8-9-13(11-16(12)22)18-23-17(28-27-18)7-4-10-29-20-24-19(25-26-20)14-5-2-3-6-15(14)21/h2-3,5-6,8-9,11H,4,7,10H2,1H3,(H,24,25,26). The molecule has 0 unspecified atom stereocenters. The van der Waals surface area contributed by atoms with Crippen molar-refractivity contribution in [2.75, 3.05) is 5.75 Å². The highest BCUT2D eigenvalue weighted by molar-refractivity contribution is 7.99. The van der Waals surface area contributed by atoms with Gasteiger partial charge >= 0.3 is 0 Å². The van der Waals surface area contributed by atoms with Crippen LogP contribution in [0.2, 0.25) is 0 Å². The molecule has 0 bridgehead atoms. The van der Waals surface area contributed by atoms with Gasteiger partial charge in [-0.2, -0.15) is 4.98 Å². The van der Waals surface area contributed by atoms with Crippen LogP contribution in [-0.4, -0.2) is 31.1 Å². The molecule has 0 radical (unpaired) electrons. The number of hydrogen-bond donors (Lipinski definition) is 1. The highest BCUT2D eigenvalue weighted by atomic mass is 32.2. The van der Waals surface area contributed by atoms with E-state index < -0.39 is 0 Å². The summed E-state index contributed by atoms with van der Waals surface area (Å²) in [4.78, 5) is 8.63. The van der Waals surface area contributed by atoms with E-state index in [1.807, 2.05) is 0 Å². The molecule has 0 atom stereocenters. The molecule has 29 heavy (non-hydrogen) atoms. The normalized spacial score (nSPS) is 11.1. The summed E-state index contributed by atoms with van der Waals surface area (Å²) in [6.45, 7) is 1.70. The van der Waals surface area contributed by atoms with Gasteiger partial charge in [-0.1, -0.05) is 41.2 Å². The van der Waals surface area contributed by atoms with Crippen LogP contribution in [0.5, 0.6) is 0 Å². The lowest BCUT2D eigenvalue weighted by Gasteiger charge is -1.98. The lowest BCUT2D eigenvalue weighted by atomic mass is 10.1. The first-order valence-corrected chi connectivity index (χ1v) is 9.98. The van der Waals surface area contributed by atoms with Crippen LogP contribution in [0.25, 0.3) is 22.8 Å². The number of aromatic nitrogens is 5. The molecule has 4 rings (SSSR count). The zero-order valence-corrected chi connectivity index (χ0v) is 16.3. The first-order chi connectivity index (χ1) is 14.1. The molecular formula is C20H17F2N5OS. The molecule has 2 aromatic carbocycles. The number of aromatic amines is 1. The number of benzene rings is 2. The van der Waals surface area contributed by atoms with Gasteiger partial charge in [0.25, 0.3) is 0 Å². The van der Waals surface area contributed by atoms with Crippen LogP contribution in [0, 0.1) is 18.6 Å². The largest absolute Gasteiger partial charge is 0.339 e. The quantitative estimate of drug-likeness (QED) is 0.345. The Morgan fingerprint density at radius 3 is 2.76 bits per heavy atom. The van der Waals surface area contributed by atoms with Gasteiger partial charge in [0, 0.05) is 17.7 Å². The van der Waals surface area contributed by atoms with E-state index in [1.54, 1.807) is 37.3 Å². The second kappa shape index (κ2) is 8.52. The third kappa shape index (κ3) is 4.51. The summed E-state index contributed by atoms with van der Waals surface area (Å²) >= 11 is 1.45. The second-order valence-corrected chi connectivity index (χ2v) is 7.44. The molecule has 6 nitrogen and oxygen atoms in total. The Bertz CT molecular complexity index is 1130. The minimum absolute atomic E-state index is 0.300. The molecule has 0 aliphatic rings. The SMILES string of the molecule is Cc1ccc(-c2noc(CCCSc3n[nH]c(-c4ccccc4F)n3)n2)cc1F. The molecule has 2 heterocycles.